The van der Waals surface area contributed by atoms with Crippen LogP contribution in [-0.4, -0.2) is 17.6 Å². The average Bonchev–Trinajstić information content (AvgIpc) is 2.38. The Bertz CT molecular complexity index is 389. The Morgan fingerprint density at radius 1 is 1.32 bits per heavy atom. The number of halogens is 1. The first-order chi connectivity index (χ1) is 9.03. The summed E-state index contributed by atoms with van der Waals surface area (Å²) in [7, 11) is 0. The van der Waals surface area contributed by atoms with Gasteiger partial charge in [-0.25, -0.2) is 4.98 Å². The van der Waals surface area contributed by atoms with Gasteiger partial charge < -0.3 is 10.6 Å². The lowest BCUT2D eigenvalue weighted by Crippen LogP contribution is -2.38. The number of pyridine rings is 1. The van der Waals surface area contributed by atoms with Crippen LogP contribution in [0.15, 0.2) is 12.3 Å². The van der Waals surface area contributed by atoms with Crippen molar-refractivity contribution in [1.82, 2.24) is 4.98 Å². The summed E-state index contributed by atoms with van der Waals surface area (Å²) in [6.45, 7) is 10.3. The molecule has 1 heterocycles. The van der Waals surface area contributed by atoms with Gasteiger partial charge in [-0.1, -0.05) is 39.3 Å². The van der Waals surface area contributed by atoms with Crippen LogP contribution < -0.4 is 10.6 Å². The minimum absolute atomic E-state index is 0.474. The monoisotopic (exact) mass is 283 g/mol. The van der Waals surface area contributed by atoms with E-state index in [1.807, 2.05) is 12.3 Å². The van der Waals surface area contributed by atoms with Crippen LogP contribution in [0.1, 0.15) is 46.1 Å². The van der Waals surface area contributed by atoms with E-state index in [-0.39, 0.29) is 0 Å². The van der Waals surface area contributed by atoms with E-state index < -0.39 is 0 Å². The van der Waals surface area contributed by atoms with Crippen LogP contribution >= 0.6 is 11.6 Å². The second-order valence-corrected chi connectivity index (χ2v) is 5.78. The van der Waals surface area contributed by atoms with Gasteiger partial charge in [-0.3, -0.25) is 0 Å². The fraction of sp³-hybridized carbons (Fsp3) is 0.667. The second-order valence-electron chi connectivity index (χ2n) is 5.37. The Kier molecular flexibility index (Phi) is 6.59. The van der Waals surface area contributed by atoms with Crippen LogP contribution in [0.4, 0.5) is 5.82 Å². The Morgan fingerprint density at radius 2 is 1.95 bits per heavy atom. The molecule has 0 aromatic carbocycles. The van der Waals surface area contributed by atoms with E-state index in [1.54, 1.807) is 0 Å². The van der Waals surface area contributed by atoms with Gasteiger partial charge in [0.25, 0.3) is 0 Å². The van der Waals surface area contributed by atoms with Crippen LogP contribution in [0.5, 0.6) is 0 Å². The van der Waals surface area contributed by atoms with Crippen molar-refractivity contribution in [1.29, 1.82) is 0 Å². The molecule has 1 aromatic rings. The molecular formula is C15H26ClN3. The van der Waals surface area contributed by atoms with Crippen molar-refractivity contribution < 1.29 is 0 Å². The maximum absolute atomic E-state index is 6.38. The maximum atomic E-state index is 6.38. The minimum Gasteiger partial charge on any atom is -0.352 e. The van der Waals surface area contributed by atoms with Gasteiger partial charge in [0, 0.05) is 25.3 Å². The van der Waals surface area contributed by atoms with Crippen molar-refractivity contribution in [3.63, 3.8) is 0 Å². The molecule has 0 unspecified atom stereocenters. The van der Waals surface area contributed by atoms with Gasteiger partial charge in [0.2, 0.25) is 0 Å². The van der Waals surface area contributed by atoms with Gasteiger partial charge in [-0.2, -0.15) is 0 Å². The lowest BCUT2D eigenvalue weighted by atomic mass is 10.1. The summed E-state index contributed by atoms with van der Waals surface area (Å²) in [5, 5.41) is 0.704. The molecule has 0 fully saturated rings. The summed E-state index contributed by atoms with van der Waals surface area (Å²) in [4.78, 5) is 6.87. The normalized spacial score (nSPS) is 11.4. The van der Waals surface area contributed by atoms with E-state index in [4.69, 9.17) is 17.3 Å². The summed E-state index contributed by atoms with van der Waals surface area (Å²) in [5.41, 5.74) is 6.60. The highest BCUT2D eigenvalue weighted by Gasteiger charge is 2.20. The summed E-state index contributed by atoms with van der Waals surface area (Å²) in [6, 6.07) is 2.41. The third-order valence-electron chi connectivity index (χ3n) is 3.33. The molecule has 3 nitrogen and oxygen atoms in total. The molecule has 0 bridgehead atoms. The van der Waals surface area contributed by atoms with E-state index >= 15 is 0 Å². The average molecular weight is 284 g/mol. The van der Waals surface area contributed by atoms with Crippen LogP contribution in [0.3, 0.4) is 0 Å². The quantitative estimate of drug-likeness (QED) is 0.826. The maximum Gasteiger partial charge on any atom is 0.147 e. The molecule has 0 saturated heterocycles. The molecule has 4 heteroatoms. The molecule has 0 atom stereocenters. The Labute approximate surface area is 122 Å². The number of hydrogen-bond acceptors (Lipinski definition) is 3. The molecule has 0 saturated carbocycles. The number of anilines is 1. The van der Waals surface area contributed by atoms with Gasteiger partial charge in [0.15, 0.2) is 0 Å². The topological polar surface area (TPSA) is 42.2 Å². The molecule has 0 amide bonds. The number of nitrogens with zero attached hydrogens (tertiary/aromatic N) is 2. The van der Waals surface area contributed by atoms with Gasteiger partial charge >= 0.3 is 0 Å². The molecule has 0 aliphatic rings. The lowest BCUT2D eigenvalue weighted by molar-refractivity contribution is 0.503. The first-order valence-corrected chi connectivity index (χ1v) is 7.52. The van der Waals surface area contributed by atoms with Gasteiger partial charge in [-0.15, -0.1) is 0 Å². The van der Waals surface area contributed by atoms with Crippen molar-refractivity contribution in [3.8, 4) is 0 Å². The zero-order chi connectivity index (χ0) is 14.4. The third-order valence-corrected chi connectivity index (χ3v) is 3.61. The summed E-state index contributed by atoms with van der Waals surface area (Å²) in [5.74, 6) is 1.47. The molecule has 1 rings (SSSR count). The molecule has 0 aliphatic heterocycles. The first-order valence-electron chi connectivity index (χ1n) is 7.14. The molecule has 19 heavy (non-hydrogen) atoms. The summed E-state index contributed by atoms with van der Waals surface area (Å²) < 4.78 is 0. The van der Waals surface area contributed by atoms with Crippen molar-refractivity contribution >= 4 is 17.4 Å². The minimum atomic E-state index is 0.474. The smallest absolute Gasteiger partial charge is 0.147 e. The Balaban J connectivity index is 3.09. The fourth-order valence-electron chi connectivity index (χ4n) is 2.32. The summed E-state index contributed by atoms with van der Waals surface area (Å²) >= 11 is 6.38. The van der Waals surface area contributed by atoms with E-state index in [1.165, 1.54) is 0 Å². The van der Waals surface area contributed by atoms with Crippen LogP contribution in [0.2, 0.25) is 5.02 Å². The zero-order valence-electron chi connectivity index (χ0n) is 12.5. The van der Waals surface area contributed by atoms with Gasteiger partial charge in [-0.05, 0) is 30.4 Å². The number of rotatable bonds is 7. The van der Waals surface area contributed by atoms with Crippen LogP contribution in [0.25, 0.3) is 0 Å². The zero-order valence-corrected chi connectivity index (χ0v) is 13.2. The lowest BCUT2D eigenvalue weighted by Gasteiger charge is -2.33. The highest BCUT2D eigenvalue weighted by molar-refractivity contribution is 6.33. The fourth-order valence-corrected chi connectivity index (χ4v) is 2.62. The van der Waals surface area contributed by atoms with Crippen molar-refractivity contribution in [2.75, 3.05) is 11.4 Å². The third kappa shape index (κ3) is 4.36. The van der Waals surface area contributed by atoms with Crippen molar-refractivity contribution in [2.45, 2.75) is 53.1 Å². The molecule has 108 valence electrons. The highest BCUT2D eigenvalue weighted by atomic mass is 35.5. The largest absolute Gasteiger partial charge is 0.352 e. The Hall–Kier alpha value is -0.800. The number of aromatic nitrogens is 1. The Morgan fingerprint density at radius 3 is 2.37 bits per heavy atom. The van der Waals surface area contributed by atoms with Gasteiger partial charge in [0.1, 0.15) is 5.82 Å². The SMILES string of the molecule is CCC(CC)N(CC(C)C)c1ncc(CN)cc1Cl. The van der Waals surface area contributed by atoms with E-state index in [2.05, 4.69) is 37.6 Å². The second kappa shape index (κ2) is 7.71. The van der Waals surface area contributed by atoms with Crippen molar-refractivity contribution in [3.05, 3.63) is 22.8 Å². The van der Waals surface area contributed by atoms with Gasteiger partial charge in [0.05, 0.1) is 5.02 Å². The molecule has 0 spiro atoms. The number of hydrogen-bond donors (Lipinski definition) is 1. The highest BCUT2D eigenvalue weighted by Crippen LogP contribution is 2.28. The van der Waals surface area contributed by atoms with Crippen LogP contribution in [0, 0.1) is 5.92 Å². The number of nitrogens with two attached hydrogens (primary N) is 1. The van der Waals surface area contributed by atoms with Crippen molar-refractivity contribution in [2.24, 2.45) is 11.7 Å². The van der Waals surface area contributed by atoms with E-state index in [0.29, 0.717) is 23.5 Å². The predicted molar refractivity (Wildman–Crippen MR) is 83.7 cm³/mol. The molecule has 0 aliphatic carbocycles. The summed E-state index contributed by atoms with van der Waals surface area (Å²) in [6.07, 6.45) is 4.02. The standard InChI is InChI=1S/C15H26ClN3/c1-5-13(6-2)19(10-11(3)4)15-14(16)7-12(8-17)9-18-15/h7,9,11,13H,5-6,8,10,17H2,1-4H3. The molecule has 2 N–H and O–H groups in total. The predicted octanol–water partition coefficient (Wildman–Crippen LogP) is 3.84. The molecule has 0 radical (unpaired) electrons. The van der Waals surface area contributed by atoms with E-state index in [9.17, 15) is 0 Å². The van der Waals surface area contributed by atoms with E-state index in [0.717, 1.165) is 30.8 Å². The first kappa shape index (κ1) is 16.3. The van der Waals surface area contributed by atoms with Crippen LogP contribution in [-0.2, 0) is 6.54 Å². The molecular weight excluding hydrogens is 258 g/mol. The molecule has 1 aromatic heterocycles.